The molecule has 3 nitrogen and oxygen atoms in total. The van der Waals surface area contributed by atoms with Gasteiger partial charge >= 0.3 is 0 Å². The molecule has 3 atom stereocenters. The van der Waals surface area contributed by atoms with Gasteiger partial charge in [-0.05, 0) is 50.7 Å². The van der Waals surface area contributed by atoms with E-state index in [2.05, 4.69) is 58.6 Å². The molecular weight excluding hydrogens is 298 g/mol. The largest absolute Gasteiger partial charge is 0.491 e. The third-order valence-corrected chi connectivity index (χ3v) is 5.17. The smallest absolute Gasteiger partial charge is 0.123 e. The Morgan fingerprint density at radius 2 is 1.83 bits per heavy atom. The fourth-order valence-corrected chi connectivity index (χ4v) is 3.67. The van der Waals surface area contributed by atoms with Gasteiger partial charge in [0.25, 0.3) is 0 Å². The molecule has 136 valence electrons. The van der Waals surface area contributed by atoms with Crippen LogP contribution in [0.2, 0.25) is 0 Å². The van der Waals surface area contributed by atoms with E-state index in [1.165, 1.54) is 30.4 Å². The van der Waals surface area contributed by atoms with Gasteiger partial charge in [0.2, 0.25) is 0 Å². The van der Waals surface area contributed by atoms with E-state index >= 15 is 0 Å². The highest BCUT2D eigenvalue weighted by Gasteiger charge is 2.27. The van der Waals surface area contributed by atoms with Gasteiger partial charge in [-0.15, -0.1) is 0 Å². The fourth-order valence-electron chi connectivity index (χ4n) is 3.67. The average molecular weight is 334 g/mol. The number of β-amino-alcohol motifs (C(OH)–C–C–N with tert-alkyl or cyclic N) is 1. The first-order chi connectivity index (χ1) is 11.2. The molecule has 2 rings (SSSR count). The number of aryl methyl sites for hydroxylation is 1. The van der Waals surface area contributed by atoms with E-state index in [9.17, 15) is 5.11 Å². The number of ether oxygens (including phenoxy) is 1. The van der Waals surface area contributed by atoms with Crippen molar-refractivity contribution >= 4 is 0 Å². The van der Waals surface area contributed by atoms with Crippen molar-refractivity contribution in [2.75, 3.05) is 13.2 Å². The van der Waals surface area contributed by atoms with E-state index in [-0.39, 0.29) is 5.41 Å². The lowest BCUT2D eigenvalue weighted by atomic mass is 9.85. The van der Waals surface area contributed by atoms with E-state index in [4.69, 9.17) is 4.74 Å². The Labute approximate surface area is 148 Å². The highest BCUT2D eigenvalue weighted by molar-refractivity contribution is 5.41. The van der Waals surface area contributed by atoms with Crippen LogP contribution < -0.4 is 4.74 Å². The number of rotatable bonds is 5. The molecule has 3 heteroatoms. The fraction of sp³-hybridized carbons (Fsp3) is 0.714. The number of benzene rings is 1. The van der Waals surface area contributed by atoms with E-state index in [1.54, 1.807) is 0 Å². The number of piperidine rings is 1. The molecule has 1 heterocycles. The van der Waals surface area contributed by atoms with Gasteiger partial charge in [0.1, 0.15) is 18.5 Å². The molecule has 1 saturated heterocycles. The first-order valence-electron chi connectivity index (χ1n) is 9.36. The standard InChI is InChI=1S/C21H35NO2/c1-15-10-11-20(19(12-15)21(4,5)6)24-14-18(23)13-22-16(2)8-7-9-17(22)3/h10-12,16-18,23H,7-9,13-14H2,1-6H3/t16-,17-,18-/m0/s1. The van der Waals surface area contributed by atoms with Crippen molar-refractivity contribution in [1.29, 1.82) is 0 Å². The summed E-state index contributed by atoms with van der Waals surface area (Å²) in [5.41, 5.74) is 2.47. The molecule has 0 spiro atoms. The van der Waals surface area contributed by atoms with Gasteiger partial charge in [-0.3, -0.25) is 4.90 Å². The molecule has 0 saturated carbocycles. The molecule has 1 N–H and O–H groups in total. The lowest BCUT2D eigenvalue weighted by Gasteiger charge is -2.40. The maximum Gasteiger partial charge on any atom is 0.123 e. The predicted octanol–water partition coefficient (Wildman–Crippen LogP) is 4.30. The van der Waals surface area contributed by atoms with Crippen molar-refractivity contribution in [2.24, 2.45) is 0 Å². The van der Waals surface area contributed by atoms with Gasteiger partial charge < -0.3 is 9.84 Å². The zero-order valence-electron chi connectivity index (χ0n) is 16.3. The minimum atomic E-state index is -0.456. The predicted molar refractivity (Wildman–Crippen MR) is 101 cm³/mol. The summed E-state index contributed by atoms with van der Waals surface area (Å²) in [6.07, 6.45) is 3.29. The zero-order valence-corrected chi connectivity index (χ0v) is 16.3. The Bertz CT molecular complexity index is 525. The van der Waals surface area contributed by atoms with Crippen molar-refractivity contribution in [3.8, 4) is 5.75 Å². The Morgan fingerprint density at radius 3 is 2.42 bits per heavy atom. The summed E-state index contributed by atoms with van der Waals surface area (Å²) in [6.45, 7) is 14.3. The van der Waals surface area contributed by atoms with E-state index in [1.807, 2.05) is 6.07 Å². The first-order valence-corrected chi connectivity index (χ1v) is 9.36. The summed E-state index contributed by atoms with van der Waals surface area (Å²) in [5.74, 6) is 0.895. The van der Waals surface area contributed by atoms with E-state index < -0.39 is 6.10 Å². The molecule has 0 unspecified atom stereocenters. The number of hydrogen-bond acceptors (Lipinski definition) is 3. The molecule has 0 aromatic heterocycles. The third-order valence-electron chi connectivity index (χ3n) is 5.17. The number of likely N-dealkylation sites (tertiary alicyclic amines) is 1. The van der Waals surface area contributed by atoms with Crippen molar-refractivity contribution < 1.29 is 9.84 Å². The van der Waals surface area contributed by atoms with E-state index in [0.717, 1.165) is 5.75 Å². The van der Waals surface area contributed by atoms with Crippen molar-refractivity contribution in [2.45, 2.75) is 84.4 Å². The van der Waals surface area contributed by atoms with Gasteiger partial charge in [-0.2, -0.15) is 0 Å². The summed E-state index contributed by atoms with van der Waals surface area (Å²) < 4.78 is 6.02. The topological polar surface area (TPSA) is 32.7 Å². The Balaban J connectivity index is 1.98. The lowest BCUT2D eigenvalue weighted by Crippen LogP contribution is -2.48. The maximum absolute atomic E-state index is 10.5. The maximum atomic E-state index is 10.5. The van der Waals surface area contributed by atoms with Crippen LogP contribution >= 0.6 is 0 Å². The number of nitrogens with zero attached hydrogens (tertiary/aromatic N) is 1. The second-order valence-electron chi connectivity index (χ2n) is 8.54. The monoisotopic (exact) mass is 333 g/mol. The van der Waals surface area contributed by atoms with Crippen molar-refractivity contribution in [3.63, 3.8) is 0 Å². The van der Waals surface area contributed by atoms with Crippen LogP contribution in [0.15, 0.2) is 18.2 Å². The highest BCUT2D eigenvalue weighted by atomic mass is 16.5. The zero-order chi connectivity index (χ0) is 17.9. The van der Waals surface area contributed by atoms with Crippen LogP contribution in [0.3, 0.4) is 0 Å². The molecule has 0 bridgehead atoms. The molecule has 0 aliphatic carbocycles. The Morgan fingerprint density at radius 1 is 1.21 bits per heavy atom. The first kappa shape index (κ1) is 19.3. The SMILES string of the molecule is Cc1ccc(OC[C@@H](O)CN2[C@@H](C)CCC[C@@H]2C)c(C(C)(C)C)c1. The van der Waals surface area contributed by atoms with Crippen LogP contribution in [0.4, 0.5) is 0 Å². The molecule has 1 fully saturated rings. The van der Waals surface area contributed by atoms with Gasteiger partial charge in [0.15, 0.2) is 0 Å². The van der Waals surface area contributed by atoms with Gasteiger partial charge in [0, 0.05) is 18.6 Å². The van der Waals surface area contributed by atoms with Crippen molar-refractivity contribution in [3.05, 3.63) is 29.3 Å². The van der Waals surface area contributed by atoms with Gasteiger partial charge in [-0.1, -0.05) is 44.9 Å². The second-order valence-corrected chi connectivity index (χ2v) is 8.54. The normalized spacial score (nSPS) is 24.0. The number of aliphatic hydroxyl groups is 1. The quantitative estimate of drug-likeness (QED) is 0.872. The summed E-state index contributed by atoms with van der Waals surface area (Å²) in [6, 6.07) is 7.40. The second kappa shape index (κ2) is 7.88. The molecule has 1 aromatic carbocycles. The van der Waals surface area contributed by atoms with Crippen LogP contribution in [0.1, 0.15) is 65.0 Å². The Kier molecular flexibility index (Phi) is 6.33. The van der Waals surface area contributed by atoms with Crippen LogP contribution in [0, 0.1) is 6.92 Å². The molecule has 24 heavy (non-hydrogen) atoms. The lowest BCUT2D eigenvalue weighted by molar-refractivity contribution is 0.0206. The Hall–Kier alpha value is -1.06. The third kappa shape index (κ3) is 4.97. The molecule has 0 amide bonds. The van der Waals surface area contributed by atoms with Crippen LogP contribution in [0.25, 0.3) is 0 Å². The number of hydrogen-bond donors (Lipinski definition) is 1. The summed E-state index contributed by atoms with van der Waals surface area (Å²) in [4.78, 5) is 2.43. The molecule has 1 aliphatic heterocycles. The minimum absolute atomic E-state index is 0.0300. The molecule has 1 aliphatic rings. The molecular formula is C21H35NO2. The van der Waals surface area contributed by atoms with Crippen LogP contribution in [-0.4, -0.2) is 41.3 Å². The highest BCUT2D eigenvalue weighted by Crippen LogP contribution is 2.32. The summed E-state index contributed by atoms with van der Waals surface area (Å²) >= 11 is 0. The minimum Gasteiger partial charge on any atom is -0.491 e. The van der Waals surface area contributed by atoms with Crippen LogP contribution in [0.5, 0.6) is 5.75 Å². The van der Waals surface area contributed by atoms with E-state index in [0.29, 0.717) is 25.2 Å². The van der Waals surface area contributed by atoms with Gasteiger partial charge in [-0.25, -0.2) is 0 Å². The number of aliphatic hydroxyl groups excluding tert-OH is 1. The summed E-state index contributed by atoms with van der Waals surface area (Å²) in [7, 11) is 0. The van der Waals surface area contributed by atoms with Crippen molar-refractivity contribution in [1.82, 2.24) is 4.90 Å². The van der Waals surface area contributed by atoms with Crippen LogP contribution in [-0.2, 0) is 5.41 Å². The average Bonchev–Trinajstić information content (AvgIpc) is 2.49. The summed E-state index contributed by atoms with van der Waals surface area (Å²) in [5, 5.41) is 10.5. The van der Waals surface area contributed by atoms with Gasteiger partial charge in [0.05, 0.1) is 0 Å². The molecule has 1 aromatic rings. The molecule has 0 radical (unpaired) electrons.